The summed E-state index contributed by atoms with van der Waals surface area (Å²) in [6.07, 6.45) is -3.15. The molecule has 0 radical (unpaired) electrons. The number of carbonyl (C=O) groups is 1. The summed E-state index contributed by atoms with van der Waals surface area (Å²) in [6.45, 7) is 1.53. The summed E-state index contributed by atoms with van der Waals surface area (Å²) in [4.78, 5) is 12.5. The van der Waals surface area contributed by atoms with E-state index in [1.54, 1.807) is 53.3 Å². The summed E-state index contributed by atoms with van der Waals surface area (Å²) in [5.74, 6) is -0.515. The molecule has 1 heterocycles. The number of nitrogens with one attached hydrogen (secondary N) is 1. The molecule has 0 fully saturated rings. The topological polar surface area (TPSA) is 56.2 Å². The number of benzene rings is 3. The van der Waals surface area contributed by atoms with Crippen LogP contribution in [0, 0.1) is 6.92 Å². The van der Waals surface area contributed by atoms with Gasteiger partial charge in [-0.05, 0) is 55.0 Å². The molecule has 1 amide bonds. The van der Waals surface area contributed by atoms with Crippen LogP contribution in [0.15, 0.2) is 72.9 Å². The predicted octanol–water partition coefficient (Wildman–Crippen LogP) is 5.48. The molecule has 4 aromatic rings. The number of halogens is 3. The summed E-state index contributed by atoms with van der Waals surface area (Å²) >= 11 is 0. The summed E-state index contributed by atoms with van der Waals surface area (Å²) in [7, 11) is 0. The van der Waals surface area contributed by atoms with E-state index < -0.39 is 6.36 Å². The van der Waals surface area contributed by atoms with Crippen LogP contribution in [0.5, 0.6) is 5.75 Å². The normalized spacial score (nSPS) is 11.5. The largest absolute Gasteiger partial charge is 0.573 e. The maximum atomic E-state index is 12.5. The third kappa shape index (κ3) is 3.98. The summed E-state index contributed by atoms with van der Waals surface area (Å²) in [6, 6.07) is 18.5. The number of nitrogens with zero attached hydrogens (tertiary/aromatic N) is 2. The maximum Gasteiger partial charge on any atom is 0.573 e. The lowest BCUT2D eigenvalue weighted by Gasteiger charge is -2.13. The number of alkyl halides is 3. The second-order valence-corrected chi connectivity index (χ2v) is 6.61. The van der Waals surface area contributed by atoms with Gasteiger partial charge in [-0.3, -0.25) is 4.79 Å². The van der Waals surface area contributed by atoms with Crippen LogP contribution in [0.4, 0.5) is 18.9 Å². The van der Waals surface area contributed by atoms with E-state index in [0.717, 1.165) is 0 Å². The first-order valence-corrected chi connectivity index (χ1v) is 9.02. The van der Waals surface area contributed by atoms with Crippen LogP contribution < -0.4 is 10.1 Å². The molecule has 152 valence electrons. The number of amides is 1. The second-order valence-electron chi connectivity index (χ2n) is 6.61. The van der Waals surface area contributed by atoms with Gasteiger partial charge in [0.1, 0.15) is 5.75 Å². The van der Waals surface area contributed by atoms with Crippen LogP contribution >= 0.6 is 0 Å². The smallest absolute Gasteiger partial charge is 0.406 e. The van der Waals surface area contributed by atoms with Gasteiger partial charge >= 0.3 is 6.36 Å². The SMILES string of the molecule is Cc1cc(-n2ncc3c(NC(=O)c4ccccc4)cccc32)ccc1OC(F)(F)F. The van der Waals surface area contributed by atoms with E-state index in [4.69, 9.17) is 0 Å². The van der Waals surface area contributed by atoms with Gasteiger partial charge in [0, 0.05) is 10.9 Å². The number of aryl methyl sites for hydroxylation is 1. The van der Waals surface area contributed by atoms with E-state index in [0.29, 0.717) is 33.4 Å². The number of aromatic nitrogens is 2. The highest BCUT2D eigenvalue weighted by Crippen LogP contribution is 2.30. The first-order chi connectivity index (χ1) is 14.3. The van der Waals surface area contributed by atoms with Gasteiger partial charge in [0.2, 0.25) is 0 Å². The molecule has 0 atom stereocenters. The van der Waals surface area contributed by atoms with Crippen LogP contribution in [0.25, 0.3) is 16.6 Å². The standard InChI is InChI=1S/C22H16F3N3O2/c1-14-12-16(10-11-20(14)30-22(23,24)25)28-19-9-5-8-18(17(19)13-26-28)27-21(29)15-6-3-2-4-7-15/h2-13H,1H3,(H,27,29). The fourth-order valence-electron chi connectivity index (χ4n) is 3.15. The number of ether oxygens (including phenoxy) is 1. The number of anilines is 1. The van der Waals surface area contributed by atoms with Crippen molar-refractivity contribution in [3.05, 3.63) is 84.1 Å². The van der Waals surface area contributed by atoms with Crippen molar-refractivity contribution in [2.75, 3.05) is 5.32 Å². The van der Waals surface area contributed by atoms with Crippen LogP contribution in [0.1, 0.15) is 15.9 Å². The predicted molar refractivity (Wildman–Crippen MR) is 107 cm³/mol. The molecule has 0 bridgehead atoms. The minimum atomic E-state index is -4.75. The Morgan fingerprint density at radius 3 is 2.50 bits per heavy atom. The molecular formula is C22H16F3N3O2. The van der Waals surface area contributed by atoms with Gasteiger partial charge in [0.15, 0.2) is 0 Å². The molecule has 0 spiro atoms. The lowest BCUT2D eigenvalue weighted by Crippen LogP contribution is -2.17. The van der Waals surface area contributed by atoms with Crippen LogP contribution in [-0.4, -0.2) is 22.1 Å². The lowest BCUT2D eigenvalue weighted by atomic mass is 10.1. The Balaban J connectivity index is 1.67. The molecule has 8 heteroatoms. The molecule has 0 saturated carbocycles. The summed E-state index contributed by atoms with van der Waals surface area (Å²) in [5, 5.41) is 7.93. The highest BCUT2D eigenvalue weighted by Gasteiger charge is 2.31. The minimum Gasteiger partial charge on any atom is -0.406 e. The summed E-state index contributed by atoms with van der Waals surface area (Å²) < 4.78 is 43.1. The third-order valence-electron chi connectivity index (χ3n) is 4.53. The Morgan fingerprint density at radius 2 is 1.80 bits per heavy atom. The quantitative estimate of drug-likeness (QED) is 0.484. The van der Waals surface area contributed by atoms with Crippen molar-refractivity contribution in [1.29, 1.82) is 0 Å². The highest BCUT2D eigenvalue weighted by molar-refractivity contribution is 6.08. The van der Waals surface area contributed by atoms with Gasteiger partial charge < -0.3 is 10.1 Å². The van der Waals surface area contributed by atoms with Gasteiger partial charge in [-0.2, -0.15) is 5.10 Å². The molecule has 4 rings (SSSR count). The molecule has 0 saturated heterocycles. The number of rotatable bonds is 4. The van der Waals surface area contributed by atoms with Gasteiger partial charge in [-0.25, -0.2) is 4.68 Å². The Hall–Kier alpha value is -3.81. The fourth-order valence-corrected chi connectivity index (χ4v) is 3.15. The van der Waals surface area contributed by atoms with Gasteiger partial charge in [-0.1, -0.05) is 24.3 Å². The van der Waals surface area contributed by atoms with E-state index in [9.17, 15) is 18.0 Å². The van der Waals surface area contributed by atoms with E-state index in [-0.39, 0.29) is 11.7 Å². The third-order valence-corrected chi connectivity index (χ3v) is 4.53. The Morgan fingerprint density at radius 1 is 1.03 bits per heavy atom. The van der Waals surface area contributed by atoms with E-state index in [1.165, 1.54) is 19.1 Å². The molecule has 1 aromatic heterocycles. The molecule has 30 heavy (non-hydrogen) atoms. The van der Waals surface area contributed by atoms with Crippen molar-refractivity contribution in [1.82, 2.24) is 9.78 Å². The van der Waals surface area contributed by atoms with Crippen LogP contribution in [0.3, 0.4) is 0 Å². The average Bonchev–Trinajstić information content (AvgIpc) is 3.14. The van der Waals surface area contributed by atoms with Crippen molar-refractivity contribution in [2.45, 2.75) is 13.3 Å². The first-order valence-electron chi connectivity index (χ1n) is 9.02. The molecule has 0 aliphatic carbocycles. The fraction of sp³-hybridized carbons (Fsp3) is 0.0909. The van der Waals surface area contributed by atoms with Crippen LogP contribution in [-0.2, 0) is 0 Å². The number of hydrogen-bond acceptors (Lipinski definition) is 3. The molecule has 1 N–H and O–H groups in total. The average molecular weight is 411 g/mol. The molecule has 0 unspecified atom stereocenters. The number of fused-ring (bicyclic) bond motifs is 1. The minimum absolute atomic E-state index is 0.250. The van der Waals surface area contributed by atoms with Crippen molar-refractivity contribution >= 4 is 22.5 Å². The van der Waals surface area contributed by atoms with E-state index >= 15 is 0 Å². The second kappa shape index (κ2) is 7.55. The van der Waals surface area contributed by atoms with Gasteiger partial charge in [0.25, 0.3) is 5.91 Å². The van der Waals surface area contributed by atoms with Crippen molar-refractivity contribution < 1.29 is 22.7 Å². The van der Waals surface area contributed by atoms with Gasteiger partial charge in [0.05, 0.1) is 23.1 Å². The number of carbonyl (C=O) groups excluding carboxylic acids is 1. The van der Waals surface area contributed by atoms with Crippen molar-refractivity contribution in [3.63, 3.8) is 0 Å². The van der Waals surface area contributed by atoms with Gasteiger partial charge in [-0.15, -0.1) is 13.2 Å². The van der Waals surface area contributed by atoms with Crippen molar-refractivity contribution in [2.24, 2.45) is 0 Å². The monoisotopic (exact) mass is 411 g/mol. The molecule has 0 aliphatic rings. The first kappa shape index (κ1) is 19.5. The van der Waals surface area contributed by atoms with E-state index in [2.05, 4.69) is 15.2 Å². The Labute approximate surface area is 169 Å². The van der Waals surface area contributed by atoms with Crippen LogP contribution in [0.2, 0.25) is 0 Å². The van der Waals surface area contributed by atoms with Crippen molar-refractivity contribution in [3.8, 4) is 11.4 Å². The maximum absolute atomic E-state index is 12.5. The summed E-state index contributed by atoms with van der Waals surface area (Å²) in [5.41, 5.74) is 2.70. The zero-order valence-corrected chi connectivity index (χ0v) is 15.8. The Kier molecular flexibility index (Phi) is 4.91. The van der Waals surface area contributed by atoms with E-state index in [1.807, 2.05) is 12.1 Å². The molecule has 3 aromatic carbocycles. The molecule has 0 aliphatic heterocycles. The zero-order valence-electron chi connectivity index (χ0n) is 15.8. The Bertz CT molecular complexity index is 1220. The highest BCUT2D eigenvalue weighted by atomic mass is 19.4. The molecule has 5 nitrogen and oxygen atoms in total. The zero-order chi connectivity index (χ0) is 21.3. The number of hydrogen-bond donors (Lipinski definition) is 1. The lowest BCUT2D eigenvalue weighted by molar-refractivity contribution is -0.274. The molecular weight excluding hydrogens is 395 g/mol.